The van der Waals surface area contributed by atoms with Crippen molar-refractivity contribution in [3.8, 4) is 17.0 Å². The Morgan fingerprint density at radius 2 is 1.70 bits per heavy atom. The molecule has 0 unspecified atom stereocenters. The number of ether oxygens (including phenoxy) is 2. The highest BCUT2D eigenvalue weighted by Gasteiger charge is 2.32. The monoisotopic (exact) mass is 547 g/mol. The Hall–Kier alpha value is -3.26. The normalized spacial score (nSPS) is 19.4. The SMILES string of the molecule is COC(=O)c1cc2c(cc1OC)c(C1CCCCC1)c(-c1ccoc1)n2CC(=O)N1CCC(N2CCCC2)CC1. The number of piperidine rings is 1. The number of likely N-dealkylation sites (tertiary alicyclic amines) is 2. The Bertz CT molecular complexity index is 1340. The minimum atomic E-state index is -0.453. The Morgan fingerprint density at radius 3 is 2.35 bits per heavy atom. The highest BCUT2D eigenvalue weighted by atomic mass is 16.5. The number of furan rings is 1. The van der Waals surface area contributed by atoms with Crippen LogP contribution in [0.25, 0.3) is 22.2 Å². The molecule has 2 aliphatic heterocycles. The molecule has 1 amide bonds. The molecule has 2 saturated heterocycles. The fraction of sp³-hybridized carbons (Fsp3) is 0.562. The third-order valence-electron chi connectivity index (χ3n) is 9.40. The summed E-state index contributed by atoms with van der Waals surface area (Å²) in [7, 11) is 2.96. The molecule has 3 fully saturated rings. The molecule has 8 heteroatoms. The number of carbonyl (C=O) groups excluding carboxylic acids is 2. The van der Waals surface area contributed by atoms with Crippen LogP contribution in [-0.4, -0.2) is 72.7 Å². The fourth-order valence-corrected chi connectivity index (χ4v) is 7.34. The van der Waals surface area contributed by atoms with Gasteiger partial charge in [0.2, 0.25) is 5.91 Å². The summed E-state index contributed by atoms with van der Waals surface area (Å²) in [6, 6.07) is 6.38. The first-order chi connectivity index (χ1) is 19.6. The fourth-order valence-electron chi connectivity index (χ4n) is 7.34. The number of hydrogen-bond acceptors (Lipinski definition) is 6. The third kappa shape index (κ3) is 5.02. The number of methoxy groups -OCH3 is 2. The maximum atomic E-state index is 13.9. The summed E-state index contributed by atoms with van der Waals surface area (Å²) in [4.78, 5) is 31.3. The first-order valence-corrected chi connectivity index (χ1v) is 15.0. The second kappa shape index (κ2) is 11.7. The topological polar surface area (TPSA) is 77.1 Å². The largest absolute Gasteiger partial charge is 0.496 e. The van der Waals surface area contributed by atoms with Gasteiger partial charge in [-0.25, -0.2) is 4.79 Å². The first kappa shape index (κ1) is 26.9. The van der Waals surface area contributed by atoms with Crippen molar-refractivity contribution in [3.05, 3.63) is 41.9 Å². The van der Waals surface area contributed by atoms with Gasteiger partial charge < -0.3 is 28.3 Å². The molecule has 1 aliphatic carbocycles. The van der Waals surface area contributed by atoms with Gasteiger partial charge in [-0.1, -0.05) is 19.3 Å². The van der Waals surface area contributed by atoms with Crippen molar-refractivity contribution in [2.24, 2.45) is 0 Å². The van der Waals surface area contributed by atoms with Crippen LogP contribution in [0.2, 0.25) is 0 Å². The summed E-state index contributed by atoms with van der Waals surface area (Å²) in [5, 5.41) is 1.04. The molecule has 0 bridgehead atoms. The molecule has 0 atom stereocenters. The van der Waals surface area contributed by atoms with Crippen LogP contribution in [0.1, 0.15) is 79.6 Å². The minimum absolute atomic E-state index is 0.118. The van der Waals surface area contributed by atoms with E-state index in [0.717, 1.165) is 60.9 Å². The maximum Gasteiger partial charge on any atom is 0.341 e. The zero-order chi connectivity index (χ0) is 27.6. The highest BCUT2D eigenvalue weighted by molar-refractivity contribution is 6.02. The van der Waals surface area contributed by atoms with Gasteiger partial charge in [0.1, 0.15) is 17.9 Å². The van der Waals surface area contributed by atoms with Gasteiger partial charge in [0.25, 0.3) is 0 Å². The van der Waals surface area contributed by atoms with Gasteiger partial charge in [0.15, 0.2) is 0 Å². The van der Waals surface area contributed by atoms with Crippen molar-refractivity contribution in [1.82, 2.24) is 14.4 Å². The molecule has 3 aliphatic rings. The van der Waals surface area contributed by atoms with E-state index in [1.807, 2.05) is 23.1 Å². The molecule has 4 heterocycles. The molecule has 1 aromatic carbocycles. The smallest absolute Gasteiger partial charge is 0.341 e. The number of amides is 1. The van der Waals surface area contributed by atoms with Gasteiger partial charge in [-0.05, 0) is 81.3 Å². The predicted octanol–water partition coefficient (Wildman–Crippen LogP) is 5.83. The molecule has 0 N–H and O–H groups in total. The zero-order valence-electron chi connectivity index (χ0n) is 23.8. The Balaban J connectivity index is 1.42. The highest BCUT2D eigenvalue weighted by Crippen LogP contribution is 2.46. The van der Waals surface area contributed by atoms with Crippen LogP contribution in [0, 0.1) is 0 Å². The summed E-state index contributed by atoms with van der Waals surface area (Å²) < 4.78 is 18.5. The van der Waals surface area contributed by atoms with E-state index in [1.54, 1.807) is 19.6 Å². The second-order valence-electron chi connectivity index (χ2n) is 11.6. The number of hydrogen-bond donors (Lipinski definition) is 0. The molecular formula is C32H41N3O5. The molecular weight excluding hydrogens is 506 g/mol. The van der Waals surface area contributed by atoms with Crippen molar-refractivity contribution >= 4 is 22.8 Å². The van der Waals surface area contributed by atoms with Crippen LogP contribution < -0.4 is 4.74 Å². The Kier molecular flexibility index (Phi) is 7.87. The molecule has 6 rings (SSSR count). The number of fused-ring (bicyclic) bond motifs is 1. The number of benzene rings is 1. The van der Waals surface area contributed by atoms with Gasteiger partial charge in [0, 0.05) is 30.1 Å². The van der Waals surface area contributed by atoms with Gasteiger partial charge in [-0.2, -0.15) is 0 Å². The molecule has 214 valence electrons. The van der Waals surface area contributed by atoms with E-state index in [1.165, 1.54) is 57.9 Å². The van der Waals surface area contributed by atoms with Crippen molar-refractivity contribution in [1.29, 1.82) is 0 Å². The number of esters is 1. The standard InChI is InChI=1S/C32H41N3O5/c1-38-28-19-25-27(18-26(28)32(37)39-2)35(20-29(36)34-15-10-24(11-16-34)33-13-6-7-14-33)31(23-12-17-40-21-23)30(25)22-8-4-3-5-9-22/h12,17-19,21-22,24H,3-11,13-16,20H2,1-2H3. The lowest BCUT2D eigenvalue weighted by Crippen LogP contribution is -2.46. The number of carbonyl (C=O) groups is 2. The molecule has 1 saturated carbocycles. The lowest BCUT2D eigenvalue weighted by atomic mass is 9.82. The average Bonchev–Trinajstić information content (AvgIpc) is 3.78. The van der Waals surface area contributed by atoms with Gasteiger partial charge >= 0.3 is 5.97 Å². The quantitative estimate of drug-likeness (QED) is 0.347. The second-order valence-corrected chi connectivity index (χ2v) is 11.6. The van der Waals surface area contributed by atoms with Crippen LogP contribution in [-0.2, 0) is 16.1 Å². The van der Waals surface area contributed by atoms with E-state index in [4.69, 9.17) is 13.9 Å². The molecule has 0 radical (unpaired) electrons. The van der Waals surface area contributed by atoms with Crippen molar-refractivity contribution in [2.75, 3.05) is 40.4 Å². The zero-order valence-corrected chi connectivity index (χ0v) is 23.8. The average molecular weight is 548 g/mol. The maximum absolute atomic E-state index is 13.9. The summed E-state index contributed by atoms with van der Waals surface area (Å²) in [5.41, 5.74) is 4.42. The van der Waals surface area contributed by atoms with E-state index in [2.05, 4.69) is 9.47 Å². The molecule has 40 heavy (non-hydrogen) atoms. The summed E-state index contributed by atoms with van der Waals surface area (Å²) in [6.45, 7) is 4.18. The number of rotatable bonds is 7. The molecule has 2 aromatic heterocycles. The molecule has 0 spiro atoms. The van der Waals surface area contributed by atoms with Crippen LogP contribution in [0.5, 0.6) is 5.75 Å². The lowest BCUT2D eigenvalue weighted by molar-refractivity contribution is -0.133. The number of aromatic nitrogens is 1. The third-order valence-corrected chi connectivity index (χ3v) is 9.40. The lowest BCUT2D eigenvalue weighted by Gasteiger charge is -2.36. The molecule has 3 aromatic rings. The minimum Gasteiger partial charge on any atom is -0.496 e. The van der Waals surface area contributed by atoms with E-state index in [9.17, 15) is 9.59 Å². The van der Waals surface area contributed by atoms with Crippen molar-refractivity contribution in [3.63, 3.8) is 0 Å². The summed E-state index contributed by atoms with van der Waals surface area (Å²) in [5.74, 6) is 0.517. The molecule has 8 nitrogen and oxygen atoms in total. The van der Waals surface area contributed by atoms with E-state index < -0.39 is 5.97 Å². The predicted molar refractivity (Wildman–Crippen MR) is 154 cm³/mol. The van der Waals surface area contributed by atoms with Crippen LogP contribution in [0.4, 0.5) is 0 Å². The van der Waals surface area contributed by atoms with Crippen LogP contribution >= 0.6 is 0 Å². The van der Waals surface area contributed by atoms with Gasteiger partial charge in [0.05, 0.1) is 38.0 Å². The summed E-state index contributed by atoms with van der Waals surface area (Å²) in [6.07, 6.45) is 13.9. The van der Waals surface area contributed by atoms with E-state index >= 15 is 0 Å². The Morgan fingerprint density at radius 1 is 0.950 bits per heavy atom. The van der Waals surface area contributed by atoms with E-state index in [0.29, 0.717) is 23.3 Å². The first-order valence-electron chi connectivity index (χ1n) is 15.0. The van der Waals surface area contributed by atoms with Crippen molar-refractivity contribution < 1.29 is 23.5 Å². The van der Waals surface area contributed by atoms with Crippen LogP contribution in [0.15, 0.2) is 35.1 Å². The van der Waals surface area contributed by atoms with Gasteiger partial charge in [-0.15, -0.1) is 0 Å². The number of nitrogens with zero attached hydrogens (tertiary/aromatic N) is 3. The van der Waals surface area contributed by atoms with E-state index in [-0.39, 0.29) is 12.5 Å². The summed E-state index contributed by atoms with van der Waals surface area (Å²) >= 11 is 0. The van der Waals surface area contributed by atoms with Gasteiger partial charge in [-0.3, -0.25) is 4.79 Å². The van der Waals surface area contributed by atoms with Crippen molar-refractivity contribution in [2.45, 2.75) is 76.3 Å². The van der Waals surface area contributed by atoms with Crippen LogP contribution in [0.3, 0.4) is 0 Å². The Labute approximate surface area is 236 Å².